The summed E-state index contributed by atoms with van der Waals surface area (Å²) in [5.74, 6) is 1.49. The Labute approximate surface area is 131 Å². The summed E-state index contributed by atoms with van der Waals surface area (Å²) in [5, 5.41) is 10.6. The van der Waals surface area contributed by atoms with E-state index in [0.717, 1.165) is 40.8 Å². The number of aliphatic hydroxyl groups is 1. The van der Waals surface area contributed by atoms with Gasteiger partial charge in [-0.15, -0.1) is 0 Å². The van der Waals surface area contributed by atoms with Crippen LogP contribution in [0, 0.1) is 0 Å². The van der Waals surface area contributed by atoms with E-state index in [4.69, 9.17) is 9.47 Å². The van der Waals surface area contributed by atoms with Crippen LogP contribution >= 0.6 is 0 Å². The smallest absolute Gasteiger partial charge is 0.162 e. The van der Waals surface area contributed by atoms with Crippen LogP contribution in [0.2, 0.25) is 0 Å². The molecule has 0 amide bonds. The lowest BCUT2D eigenvalue weighted by molar-refractivity contribution is 0.327. The Morgan fingerprint density at radius 3 is 2.41 bits per heavy atom. The summed E-state index contributed by atoms with van der Waals surface area (Å²) in [6.45, 7) is 4.52. The average molecular weight is 301 g/mol. The van der Waals surface area contributed by atoms with Crippen LogP contribution in [0.1, 0.15) is 37.6 Å². The molecule has 4 heteroatoms. The van der Waals surface area contributed by atoms with Crippen molar-refractivity contribution >= 4 is 17.0 Å². The molecule has 0 saturated heterocycles. The first-order valence-corrected chi connectivity index (χ1v) is 7.69. The first-order valence-electron chi connectivity index (χ1n) is 7.69. The van der Waals surface area contributed by atoms with Crippen LogP contribution in [0.4, 0.5) is 0 Å². The third kappa shape index (κ3) is 2.18. The zero-order valence-electron chi connectivity index (χ0n) is 13.6. The third-order valence-electron chi connectivity index (χ3n) is 4.40. The normalized spacial score (nSPS) is 14.2. The third-order valence-corrected chi connectivity index (χ3v) is 4.40. The average Bonchev–Trinajstić information content (AvgIpc) is 2.85. The van der Waals surface area contributed by atoms with Gasteiger partial charge in [-0.05, 0) is 38.3 Å². The highest BCUT2D eigenvalue weighted by Crippen LogP contribution is 2.40. The molecule has 0 saturated carbocycles. The van der Waals surface area contributed by atoms with Crippen molar-refractivity contribution in [2.75, 3.05) is 20.8 Å². The highest BCUT2D eigenvalue weighted by atomic mass is 16.5. The molecule has 1 N–H and O–H groups in total. The zero-order chi connectivity index (χ0) is 15.9. The van der Waals surface area contributed by atoms with Gasteiger partial charge in [0.25, 0.3) is 0 Å². The lowest BCUT2D eigenvalue weighted by atomic mass is 9.96. The number of nitrogens with zero attached hydrogens (tertiary/aromatic N) is 1. The van der Waals surface area contributed by atoms with E-state index in [9.17, 15) is 5.11 Å². The summed E-state index contributed by atoms with van der Waals surface area (Å²) in [4.78, 5) is 0. The summed E-state index contributed by atoms with van der Waals surface area (Å²) in [7, 11) is 3.32. The van der Waals surface area contributed by atoms with E-state index in [1.807, 2.05) is 6.07 Å². The van der Waals surface area contributed by atoms with E-state index in [1.54, 1.807) is 14.2 Å². The van der Waals surface area contributed by atoms with E-state index in [2.05, 4.69) is 30.6 Å². The maximum absolute atomic E-state index is 9.47. The van der Waals surface area contributed by atoms with Crippen molar-refractivity contribution in [1.82, 2.24) is 4.57 Å². The summed E-state index contributed by atoms with van der Waals surface area (Å²) < 4.78 is 13.3. The SMILES string of the molecule is COc1cc2c3c(n(C(C)C)c2cc1OC)CCC(CO)=C3. The number of methoxy groups -OCH3 is 2. The Bertz CT molecular complexity index is 741. The summed E-state index contributed by atoms with van der Waals surface area (Å²) >= 11 is 0. The first-order chi connectivity index (χ1) is 10.6. The van der Waals surface area contributed by atoms with Gasteiger partial charge in [-0.25, -0.2) is 0 Å². The molecule has 0 fully saturated rings. The van der Waals surface area contributed by atoms with Crippen molar-refractivity contribution in [1.29, 1.82) is 0 Å². The molecule has 1 aromatic carbocycles. The molecule has 1 aromatic heterocycles. The first kappa shape index (κ1) is 15.0. The molecule has 0 bridgehead atoms. The van der Waals surface area contributed by atoms with Crippen molar-refractivity contribution in [2.45, 2.75) is 32.7 Å². The molecule has 1 aliphatic rings. The molecular formula is C18H23NO3. The van der Waals surface area contributed by atoms with Gasteiger partial charge in [0.15, 0.2) is 11.5 Å². The fraction of sp³-hybridized carbons (Fsp3) is 0.444. The van der Waals surface area contributed by atoms with E-state index < -0.39 is 0 Å². The molecule has 0 radical (unpaired) electrons. The quantitative estimate of drug-likeness (QED) is 0.939. The molecule has 118 valence electrons. The molecular weight excluding hydrogens is 278 g/mol. The number of benzene rings is 1. The fourth-order valence-corrected chi connectivity index (χ4v) is 3.40. The van der Waals surface area contributed by atoms with Crippen molar-refractivity contribution < 1.29 is 14.6 Å². The van der Waals surface area contributed by atoms with Gasteiger partial charge in [0.1, 0.15) is 0 Å². The Morgan fingerprint density at radius 2 is 1.82 bits per heavy atom. The number of aliphatic hydroxyl groups excluding tert-OH is 1. The van der Waals surface area contributed by atoms with Gasteiger partial charge in [-0.3, -0.25) is 0 Å². The van der Waals surface area contributed by atoms with Gasteiger partial charge in [-0.1, -0.05) is 6.08 Å². The minimum atomic E-state index is 0.126. The molecule has 4 nitrogen and oxygen atoms in total. The van der Waals surface area contributed by atoms with Crippen LogP contribution in [0.15, 0.2) is 17.7 Å². The Kier molecular flexibility index (Phi) is 3.87. The van der Waals surface area contributed by atoms with Gasteiger partial charge in [-0.2, -0.15) is 0 Å². The predicted octanol–water partition coefficient (Wildman–Crippen LogP) is 3.56. The number of rotatable bonds is 4. The highest BCUT2D eigenvalue weighted by molar-refractivity contribution is 5.94. The lowest BCUT2D eigenvalue weighted by Gasteiger charge is -2.18. The van der Waals surface area contributed by atoms with Gasteiger partial charge in [0.05, 0.1) is 26.3 Å². The van der Waals surface area contributed by atoms with Crippen molar-refractivity contribution in [3.8, 4) is 11.5 Å². The largest absolute Gasteiger partial charge is 0.493 e. The highest BCUT2D eigenvalue weighted by Gasteiger charge is 2.23. The molecule has 2 aromatic rings. The fourth-order valence-electron chi connectivity index (χ4n) is 3.40. The van der Waals surface area contributed by atoms with E-state index in [-0.39, 0.29) is 6.61 Å². The second-order valence-electron chi connectivity index (χ2n) is 6.01. The van der Waals surface area contributed by atoms with Crippen molar-refractivity contribution in [3.05, 3.63) is 29.0 Å². The number of hydrogen-bond donors (Lipinski definition) is 1. The number of ether oxygens (including phenoxy) is 2. The zero-order valence-corrected chi connectivity index (χ0v) is 13.6. The Morgan fingerprint density at radius 1 is 1.14 bits per heavy atom. The minimum absolute atomic E-state index is 0.126. The van der Waals surface area contributed by atoms with Crippen LogP contribution in [0.5, 0.6) is 11.5 Å². The topological polar surface area (TPSA) is 43.6 Å². The lowest BCUT2D eigenvalue weighted by Crippen LogP contribution is -2.09. The van der Waals surface area contributed by atoms with Crippen LogP contribution in [-0.2, 0) is 6.42 Å². The molecule has 0 aliphatic heterocycles. The van der Waals surface area contributed by atoms with Crippen molar-refractivity contribution in [2.24, 2.45) is 0 Å². The molecule has 3 rings (SSSR count). The van der Waals surface area contributed by atoms with Gasteiger partial charge in [0, 0.05) is 28.8 Å². The predicted molar refractivity (Wildman–Crippen MR) is 88.8 cm³/mol. The maximum atomic E-state index is 9.47. The van der Waals surface area contributed by atoms with E-state index >= 15 is 0 Å². The standard InChI is InChI=1S/C18H23NO3/c1-11(2)19-15-6-5-12(10-20)7-13(15)14-8-17(21-3)18(22-4)9-16(14)19/h7-9,11,20H,5-6,10H2,1-4H3. The molecule has 0 atom stereocenters. The summed E-state index contributed by atoms with van der Waals surface area (Å²) in [6.07, 6.45) is 4.01. The summed E-state index contributed by atoms with van der Waals surface area (Å²) in [6, 6.07) is 4.47. The van der Waals surface area contributed by atoms with Crippen molar-refractivity contribution in [3.63, 3.8) is 0 Å². The number of aromatic nitrogens is 1. The van der Waals surface area contributed by atoms with Crippen LogP contribution in [0.3, 0.4) is 0 Å². The molecule has 22 heavy (non-hydrogen) atoms. The number of hydrogen-bond acceptors (Lipinski definition) is 3. The number of fused-ring (bicyclic) bond motifs is 3. The molecule has 1 aliphatic carbocycles. The molecule has 0 unspecified atom stereocenters. The molecule has 0 spiro atoms. The van der Waals surface area contributed by atoms with E-state index in [1.165, 1.54) is 11.3 Å². The second-order valence-corrected chi connectivity index (χ2v) is 6.01. The van der Waals surface area contributed by atoms with Crippen LogP contribution in [0.25, 0.3) is 17.0 Å². The van der Waals surface area contributed by atoms with Gasteiger partial charge in [0.2, 0.25) is 0 Å². The van der Waals surface area contributed by atoms with Crippen LogP contribution < -0.4 is 9.47 Å². The second kappa shape index (κ2) is 5.69. The molecule has 1 heterocycles. The van der Waals surface area contributed by atoms with E-state index in [0.29, 0.717) is 6.04 Å². The maximum Gasteiger partial charge on any atom is 0.162 e. The Balaban J connectivity index is 2.36. The van der Waals surface area contributed by atoms with Crippen LogP contribution in [-0.4, -0.2) is 30.5 Å². The van der Waals surface area contributed by atoms with Gasteiger partial charge < -0.3 is 19.1 Å². The van der Waals surface area contributed by atoms with Gasteiger partial charge >= 0.3 is 0 Å². The minimum Gasteiger partial charge on any atom is -0.493 e. The monoisotopic (exact) mass is 301 g/mol. The Hall–Kier alpha value is -1.94. The summed E-state index contributed by atoms with van der Waals surface area (Å²) in [5.41, 5.74) is 4.79.